The second-order valence-corrected chi connectivity index (χ2v) is 7.90. The third-order valence-corrected chi connectivity index (χ3v) is 4.77. The fourth-order valence-corrected chi connectivity index (χ4v) is 3.26. The maximum atomic E-state index is 13.4. The van der Waals surface area contributed by atoms with Gasteiger partial charge in [-0.2, -0.15) is 0 Å². The van der Waals surface area contributed by atoms with Crippen molar-refractivity contribution in [3.8, 4) is 0 Å². The summed E-state index contributed by atoms with van der Waals surface area (Å²) < 4.78 is 24.4. The summed E-state index contributed by atoms with van der Waals surface area (Å²) in [5, 5.41) is 16.7. The number of morpholine rings is 1. The molecule has 7 nitrogen and oxygen atoms in total. The molecule has 0 amide bonds. The maximum absolute atomic E-state index is 13.4. The summed E-state index contributed by atoms with van der Waals surface area (Å²) in [5.74, 6) is 0.833. The quantitative estimate of drug-likeness (QED) is 0.223. The van der Waals surface area contributed by atoms with Crippen molar-refractivity contribution >= 4 is 29.9 Å². The molecule has 2 atom stereocenters. The van der Waals surface area contributed by atoms with E-state index in [2.05, 4.69) is 34.4 Å². The van der Waals surface area contributed by atoms with Crippen LogP contribution in [0.5, 0.6) is 0 Å². The van der Waals surface area contributed by atoms with Gasteiger partial charge in [0.15, 0.2) is 5.96 Å². The molecule has 0 radical (unpaired) electrons. The van der Waals surface area contributed by atoms with Crippen LogP contribution in [0, 0.1) is 11.7 Å². The monoisotopic (exact) mass is 552 g/mol. The first-order valence-electron chi connectivity index (χ1n) is 10.8. The first-order chi connectivity index (χ1) is 14.5. The molecule has 0 saturated carbocycles. The fourth-order valence-electron chi connectivity index (χ4n) is 3.26. The van der Waals surface area contributed by atoms with Crippen LogP contribution in [0.4, 0.5) is 4.39 Å². The Kier molecular flexibility index (Phi) is 14.2. The number of halogens is 2. The van der Waals surface area contributed by atoms with E-state index in [-0.39, 0.29) is 49.0 Å². The number of benzene rings is 1. The van der Waals surface area contributed by atoms with Crippen LogP contribution in [-0.4, -0.2) is 81.2 Å². The van der Waals surface area contributed by atoms with Gasteiger partial charge in [-0.1, -0.05) is 26.0 Å². The molecule has 2 rings (SSSR count). The average molecular weight is 552 g/mol. The van der Waals surface area contributed by atoms with E-state index in [4.69, 9.17) is 9.47 Å². The van der Waals surface area contributed by atoms with E-state index in [9.17, 15) is 9.50 Å². The molecule has 1 aromatic carbocycles. The first-order valence-corrected chi connectivity index (χ1v) is 10.8. The average Bonchev–Trinajstić information content (AvgIpc) is 2.73. The molecule has 0 aliphatic carbocycles. The standard InChI is InChI=1S/C22H37FN4O3.HI/c1-4-24-22(25-13-20(28)16-30-15-17(2)3)26-14-21(27-9-11-29-12-10-27)18-5-7-19(23)8-6-18;/h5-8,17,20-21,28H,4,9-16H2,1-3H3,(H2,24,25,26);1H. The van der Waals surface area contributed by atoms with Gasteiger partial charge in [-0.05, 0) is 30.5 Å². The van der Waals surface area contributed by atoms with Crippen molar-refractivity contribution in [3.05, 3.63) is 35.6 Å². The molecule has 0 aromatic heterocycles. The van der Waals surface area contributed by atoms with Crippen LogP contribution in [0.15, 0.2) is 29.3 Å². The van der Waals surface area contributed by atoms with Crippen molar-refractivity contribution in [3.63, 3.8) is 0 Å². The number of ether oxygens (including phenoxy) is 2. The van der Waals surface area contributed by atoms with Crippen molar-refractivity contribution in [2.75, 3.05) is 59.2 Å². The number of hydrogen-bond donors (Lipinski definition) is 3. The molecule has 1 heterocycles. The lowest BCUT2D eigenvalue weighted by molar-refractivity contribution is 0.0169. The highest BCUT2D eigenvalue weighted by molar-refractivity contribution is 14.0. The van der Waals surface area contributed by atoms with Crippen molar-refractivity contribution in [2.45, 2.75) is 32.9 Å². The molecular weight excluding hydrogens is 514 g/mol. The number of nitrogens with one attached hydrogen (secondary N) is 2. The minimum absolute atomic E-state index is 0. The number of hydrogen-bond acceptors (Lipinski definition) is 5. The topological polar surface area (TPSA) is 78.4 Å². The highest BCUT2D eigenvalue weighted by Gasteiger charge is 2.23. The summed E-state index contributed by atoms with van der Waals surface area (Å²) in [6, 6.07) is 6.72. The van der Waals surface area contributed by atoms with Crippen LogP contribution in [-0.2, 0) is 9.47 Å². The molecule has 3 N–H and O–H groups in total. The number of guanidine groups is 1. The zero-order valence-electron chi connectivity index (χ0n) is 18.8. The van der Waals surface area contributed by atoms with Crippen molar-refractivity contribution < 1.29 is 19.0 Å². The van der Waals surface area contributed by atoms with Crippen LogP contribution >= 0.6 is 24.0 Å². The Morgan fingerprint density at radius 2 is 1.87 bits per heavy atom. The normalized spacial score (nSPS) is 17.2. The Balaban J connectivity index is 0.00000480. The lowest BCUT2D eigenvalue weighted by Gasteiger charge is -2.35. The van der Waals surface area contributed by atoms with E-state index in [1.165, 1.54) is 12.1 Å². The smallest absolute Gasteiger partial charge is 0.191 e. The minimum atomic E-state index is -0.647. The molecule has 178 valence electrons. The first kappa shape index (κ1) is 28.0. The summed E-state index contributed by atoms with van der Waals surface area (Å²) in [7, 11) is 0. The maximum Gasteiger partial charge on any atom is 0.191 e. The minimum Gasteiger partial charge on any atom is -0.389 e. The molecule has 31 heavy (non-hydrogen) atoms. The summed E-state index contributed by atoms with van der Waals surface area (Å²) in [5.41, 5.74) is 1.05. The third kappa shape index (κ3) is 10.9. The Hall–Kier alpha value is -1.01. The van der Waals surface area contributed by atoms with Crippen LogP contribution in [0.3, 0.4) is 0 Å². The Bertz CT molecular complexity index is 628. The summed E-state index contributed by atoms with van der Waals surface area (Å²) in [6.45, 7) is 11.6. The van der Waals surface area contributed by atoms with Gasteiger partial charge >= 0.3 is 0 Å². The number of aliphatic hydroxyl groups excluding tert-OH is 1. The molecule has 1 aliphatic rings. The van der Waals surface area contributed by atoms with Gasteiger partial charge in [0.1, 0.15) is 5.82 Å². The summed E-state index contributed by atoms with van der Waals surface area (Å²) in [6.07, 6.45) is -0.647. The van der Waals surface area contributed by atoms with Crippen LogP contribution in [0.25, 0.3) is 0 Å². The van der Waals surface area contributed by atoms with E-state index in [1.807, 2.05) is 19.1 Å². The lowest BCUT2D eigenvalue weighted by atomic mass is 10.0. The van der Waals surface area contributed by atoms with Gasteiger partial charge in [-0.15, -0.1) is 24.0 Å². The van der Waals surface area contributed by atoms with Gasteiger partial charge in [0, 0.05) is 32.8 Å². The Labute approximate surface area is 202 Å². The largest absolute Gasteiger partial charge is 0.389 e. The highest BCUT2D eigenvalue weighted by atomic mass is 127. The molecule has 0 bridgehead atoms. The van der Waals surface area contributed by atoms with Crippen molar-refractivity contribution in [1.29, 1.82) is 0 Å². The van der Waals surface area contributed by atoms with Gasteiger partial charge in [0.25, 0.3) is 0 Å². The SMILES string of the molecule is CCNC(=NCC(O)COCC(C)C)NCC(c1ccc(F)cc1)N1CCOCC1.I. The Morgan fingerprint density at radius 3 is 2.48 bits per heavy atom. The number of aliphatic imine (C=N–C) groups is 1. The van der Waals surface area contributed by atoms with E-state index >= 15 is 0 Å². The lowest BCUT2D eigenvalue weighted by Crippen LogP contribution is -2.46. The molecular formula is C22H38FIN4O3. The molecule has 0 spiro atoms. The van der Waals surface area contributed by atoms with Gasteiger partial charge in [0.05, 0.1) is 38.5 Å². The third-order valence-electron chi connectivity index (χ3n) is 4.77. The number of nitrogens with zero attached hydrogens (tertiary/aromatic N) is 2. The molecule has 1 saturated heterocycles. The fraction of sp³-hybridized carbons (Fsp3) is 0.682. The predicted molar refractivity (Wildman–Crippen MR) is 133 cm³/mol. The predicted octanol–water partition coefficient (Wildman–Crippen LogP) is 2.41. The molecule has 9 heteroatoms. The van der Waals surface area contributed by atoms with Crippen molar-refractivity contribution in [1.82, 2.24) is 15.5 Å². The van der Waals surface area contributed by atoms with E-state index in [0.717, 1.165) is 18.7 Å². The molecule has 1 fully saturated rings. The van der Waals surface area contributed by atoms with Gasteiger partial charge in [-0.25, -0.2) is 4.39 Å². The van der Waals surface area contributed by atoms with E-state index < -0.39 is 6.10 Å². The van der Waals surface area contributed by atoms with Gasteiger partial charge in [-0.3, -0.25) is 9.89 Å². The Morgan fingerprint density at radius 1 is 1.19 bits per heavy atom. The zero-order valence-corrected chi connectivity index (χ0v) is 21.2. The number of rotatable bonds is 11. The van der Waals surface area contributed by atoms with E-state index in [0.29, 0.717) is 44.8 Å². The summed E-state index contributed by atoms with van der Waals surface area (Å²) >= 11 is 0. The van der Waals surface area contributed by atoms with Crippen LogP contribution in [0.2, 0.25) is 0 Å². The second-order valence-electron chi connectivity index (χ2n) is 7.90. The number of aliphatic hydroxyl groups is 1. The van der Waals surface area contributed by atoms with Crippen LogP contribution in [0.1, 0.15) is 32.4 Å². The zero-order chi connectivity index (χ0) is 21.8. The molecule has 1 aliphatic heterocycles. The van der Waals surface area contributed by atoms with Crippen molar-refractivity contribution in [2.24, 2.45) is 10.9 Å². The van der Waals surface area contributed by atoms with Crippen LogP contribution < -0.4 is 10.6 Å². The van der Waals surface area contributed by atoms with Gasteiger partial charge < -0.3 is 25.2 Å². The second kappa shape index (κ2) is 15.7. The summed E-state index contributed by atoms with van der Waals surface area (Å²) in [4.78, 5) is 6.83. The molecule has 2 unspecified atom stereocenters. The van der Waals surface area contributed by atoms with Gasteiger partial charge in [0.2, 0.25) is 0 Å². The van der Waals surface area contributed by atoms with E-state index in [1.54, 1.807) is 0 Å². The highest BCUT2D eigenvalue weighted by Crippen LogP contribution is 2.21. The molecule has 1 aromatic rings.